The van der Waals surface area contributed by atoms with E-state index in [1.807, 2.05) is 12.1 Å². The molecule has 1 N–H and O–H groups in total. The fourth-order valence-corrected chi connectivity index (χ4v) is 4.35. The van der Waals surface area contributed by atoms with Crippen molar-refractivity contribution in [1.82, 2.24) is 10.2 Å². The van der Waals surface area contributed by atoms with Gasteiger partial charge in [-0.3, -0.25) is 4.79 Å². The molecule has 0 spiro atoms. The largest absolute Gasteiger partial charge is 0.368 e. The predicted octanol–water partition coefficient (Wildman–Crippen LogP) is 2.66. The maximum atomic E-state index is 13.6. The summed E-state index contributed by atoms with van der Waals surface area (Å²) in [7, 11) is 0. The molecule has 2 aliphatic rings. The number of piperidine rings is 1. The molecule has 0 unspecified atom stereocenters. The Morgan fingerprint density at radius 1 is 0.808 bits per heavy atom. The lowest BCUT2D eigenvalue weighted by atomic mass is 9.72. The first-order valence-electron chi connectivity index (χ1n) is 9.65. The lowest BCUT2D eigenvalue weighted by Crippen LogP contribution is -2.57. The summed E-state index contributed by atoms with van der Waals surface area (Å²) in [6.07, 6.45) is 1.77. The number of para-hydroxylation sites is 1. The number of nitrogens with one attached hydrogen (secondary N) is 1. The molecule has 2 fully saturated rings. The number of hydrogen-bond donors (Lipinski definition) is 1. The first-order chi connectivity index (χ1) is 12.8. The van der Waals surface area contributed by atoms with E-state index in [4.69, 9.17) is 0 Å². The molecular weight excluding hydrogens is 322 g/mol. The molecule has 0 saturated carbocycles. The van der Waals surface area contributed by atoms with Gasteiger partial charge < -0.3 is 15.1 Å². The van der Waals surface area contributed by atoms with E-state index in [0.717, 1.165) is 52.1 Å². The molecule has 0 bridgehead atoms. The van der Waals surface area contributed by atoms with Crippen molar-refractivity contribution in [3.05, 3.63) is 66.2 Å². The third-order valence-corrected chi connectivity index (χ3v) is 5.88. The van der Waals surface area contributed by atoms with Crippen LogP contribution in [-0.4, -0.2) is 50.1 Å². The topological polar surface area (TPSA) is 35.6 Å². The minimum atomic E-state index is -0.360. The fourth-order valence-electron chi connectivity index (χ4n) is 4.35. The molecule has 4 nitrogen and oxygen atoms in total. The van der Waals surface area contributed by atoms with Crippen molar-refractivity contribution in [2.45, 2.75) is 18.3 Å². The second kappa shape index (κ2) is 7.50. The van der Waals surface area contributed by atoms with Gasteiger partial charge in [-0.15, -0.1) is 0 Å². The number of anilines is 1. The van der Waals surface area contributed by atoms with Crippen LogP contribution in [0.1, 0.15) is 18.4 Å². The number of hydrogen-bond acceptors (Lipinski definition) is 3. The molecule has 2 aliphatic heterocycles. The number of benzene rings is 2. The summed E-state index contributed by atoms with van der Waals surface area (Å²) in [4.78, 5) is 18.1. The van der Waals surface area contributed by atoms with Crippen molar-refractivity contribution >= 4 is 11.6 Å². The highest BCUT2D eigenvalue weighted by Gasteiger charge is 2.43. The number of piperazine rings is 1. The molecule has 2 aromatic carbocycles. The molecular formula is C22H27N3O. The van der Waals surface area contributed by atoms with Crippen LogP contribution < -0.4 is 10.2 Å². The highest BCUT2D eigenvalue weighted by atomic mass is 16.2. The van der Waals surface area contributed by atoms with E-state index in [1.54, 1.807) is 0 Å². The molecule has 4 heteroatoms. The Balaban J connectivity index is 1.51. The van der Waals surface area contributed by atoms with Crippen LogP contribution >= 0.6 is 0 Å². The zero-order chi connectivity index (χ0) is 17.8. The van der Waals surface area contributed by atoms with Crippen LogP contribution in [0.2, 0.25) is 0 Å². The van der Waals surface area contributed by atoms with Crippen LogP contribution in [0.15, 0.2) is 60.7 Å². The van der Waals surface area contributed by atoms with Crippen molar-refractivity contribution in [2.24, 2.45) is 0 Å². The zero-order valence-corrected chi connectivity index (χ0v) is 15.2. The maximum absolute atomic E-state index is 13.6. The van der Waals surface area contributed by atoms with Crippen molar-refractivity contribution < 1.29 is 4.79 Å². The van der Waals surface area contributed by atoms with Gasteiger partial charge in [-0.2, -0.15) is 0 Å². The quantitative estimate of drug-likeness (QED) is 0.925. The van der Waals surface area contributed by atoms with Crippen molar-refractivity contribution in [3.63, 3.8) is 0 Å². The lowest BCUT2D eigenvalue weighted by Gasteiger charge is -2.43. The van der Waals surface area contributed by atoms with E-state index in [9.17, 15) is 4.79 Å². The summed E-state index contributed by atoms with van der Waals surface area (Å²) >= 11 is 0. The first kappa shape index (κ1) is 17.1. The Morgan fingerprint density at radius 3 is 2.00 bits per heavy atom. The smallest absolute Gasteiger partial charge is 0.233 e. The van der Waals surface area contributed by atoms with Gasteiger partial charge >= 0.3 is 0 Å². The molecule has 2 aromatic rings. The SMILES string of the molecule is O=C(N1CCN(c2ccccc2)CC1)C1(c2ccccc2)CCNCC1. The predicted molar refractivity (Wildman–Crippen MR) is 105 cm³/mol. The Kier molecular flexibility index (Phi) is 4.93. The van der Waals surface area contributed by atoms with Gasteiger partial charge in [0.15, 0.2) is 0 Å². The fraction of sp³-hybridized carbons (Fsp3) is 0.409. The number of nitrogens with zero attached hydrogens (tertiary/aromatic N) is 2. The van der Waals surface area contributed by atoms with Crippen LogP contribution in [0.25, 0.3) is 0 Å². The third-order valence-electron chi connectivity index (χ3n) is 5.88. The molecule has 2 heterocycles. The Bertz CT molecular complexity index is 718. The number of carbonyl (C=O) groups excluding carboxylic acids is 1. The minimum Gasteiger partial charge on any atom is -0.368 e. The van der Waals surface area contributed by atoms with E-state index in [2.05, 4.69) is 63.6 Å². The molecule has 2 saturated heterocycles. The Morgan fingerprint density at radius 2 is 1.38 bits per heavy atom. The molecule has 0 atom stereocenters. The van der Waals surface area contributed by atoms with Gasteiger partial charge in [0.1, 0.15) is 0 Å². The maximum Gasteiger partial charge on any atom is 0.233 e. The normalized spacial score (nSPS) is 20.0. The summed E-state index contributed by atoms with van der Waals surface area (Å²) < 4.78 is 0. The lowest BCUT2D eigenvalue weighted by molar-refractivity contribution is -0.139. The van der Waals surface area contributed by atoms with Gasteiger partial charge in [0.2, 0.25) is 5.91 Å². The van der Waals surface area contributed by atoms with E-state index in [1.165, 1.54) is 11.3 Å². The Labute approximate surface area is 155 Å². The summed E-state index contributed by atoms with van der Waals surface area (Å²) in [5, 5.41) is 3.42. The standard InChI is InChI=1S/C22H27N3O/c26-21(22(11-13-23-14-12-22)19-7-3-1-4-8-19)25-17-15-24(16-18-25)20-9-5-2-6-10-20/h1-10,23H,11-18H2. The van der Waals surface area contributed by atoms with E-state index >= 15 is 0 Å². The van der Waals surface area contributed by atoms with Crippen LogP contribution in [0.4, 0.5) is 5.69 Å². The second-order valence-corrected chi connectivity index (χ2v) is 7.31. The minimum absolute atomic E-state index is 0.318. The monoisotopic (exact) mass is 349 g/mol. The van der Waals surface area contributed by atoms with E-state index < -0.39 is 0 Å². The van der Waals surface area contributed by atoms with Crippen molar-refractivity contribution in [1.29, 1.82) is 0 Å². The second-order valence-electron chi connectivity index (χ2n) is 7.31. The van der Waals surface area contributed by atoms with Crippen molar-refractivity contribution in [2.75, 3.05) is 44.2 Å². The van der Waals surface area contributed by atoms with Gasteiger partial charge in [0.05, 0.1) is 5.41 Å². The molecule has 1 amide bonds. The molecule has 136 valence electrons. The molecule has 26 heavy (non-hydrogen) atoms. The van der Waals surface area contributed by atoms with Crippen LogP contribution in [-0.2, 0) is 10.2 Å². The van der Waals surface area contributed by atoms with Gasteiger partial charge in [-0.25, -0.2) is 0 Å². The molecule has 4 rings (SSSR count). The number of amides is 1. The highest BCUT2D eigenvalue weighted by molar-refractivity contribution is 5.88. The van der Waals surface area contributed by atoms with E-state index in [0.29, 0.717) is 5.91 Å². The van der Waals surface area contributed by atoms with E-state index in [-0.39, 0.29) is 5.41 Å². The average molecular weight is 349 g/mol. The van der Waals surface area contributed by atoms with Crippen LogP contribution in [0.5, 0.6) is 0 Å². The first-order valence-corrected chi connectivity index (χ1v) is 9.65. The molecule has 0 aromatic heterocycles. The van der Waals surface area contributed by atoms with Crippen LogP contribution in [0.3, 0.4) is 0 Å². The third kappa shape index (κ3) is 3.21. The summed E-state index contributed by atoms with van der Waals surface area (Å²) in [6.45, 7) is 5.22. The Hall–Kier alpha value is -2.33. The van der Waals surface area contributed by atoms with Crippen LogP contribution in [0, 0.1) is 0 Å². The van der Waals surface area contributed by atoms with Crippen molar-refractivity contribution in [3.8, 4) is 0 Å². The molecule has 0 radical (unpaired) electrons. The molecule has 0 aliphatic carbocycles. The zero-order valence-electron chi connectivity index (χ0n) is 15.2. The summed E-state index contributed by atoms with van der Waals surface area (Å²) in [5.41, 5.74) is 2.07. The highest BCUT2D eigenvalue weighted by Crippen LogP contribution is 2.36. The number of rotatable bonds is 3. The summed E-state index contributed by atoms with van der Waals surface area (Å²) in [5.74, 6) is 0.318. The van der Waals surface area contributed by atoms with Gasteiger partial charge in [0.25, 0.3) is 0 Å². The average Bonchev–Trinajstić information content (AvgIpc) is 2.75. The number of carbonyl (C=O) groups is 1. The van der Waals surface area contributed by atoms with Gasteiger partial charge in [-0.1, -0.05) is 48.5 Å². The van der Waals surface area contributed by atoms with Gasteiger partial charge in [-0.05, 0) is 43.6 Å². The van der Waals surface area contributed by atoms with Gasteiger partial charge in [0, 0.05) is 31.9 Å². The summed E-state index contributed by atoms with van der Waals surface area (Å²) in [6, 6.07) is 20.9.